The van der Waals surface area contributed by atoms with E-state index in [1.807, 2.05) is 42.5 Å². The Labute approximate surface area is 199 Å². The van der Waals surface area contributed by atoms with E-state index in [9.17, 15) is 9.18 Å². The van der Waals surface area contributed by atoms with E-state index in [4.69, 9.17) is 23.2 Å². The number of hydrogen-bond donors (Lipinski definition) is 0. The van der Waals surface area contributed by atoms with E-state index >= 15 is 0 Å². The number of benzene rings is 2. The van der Waals surface area contributed by atoms with Gasteiger partial charge < -0.3 is 4.57 Å². The number of alkyl halides is 1. The molecule has 0 unspecified atom stereocenters. The third-order valence-corrected chi connectivity index (χ3v) is 6.34. The van der Waals surface area contributed by atoms with Crippen LogP contribution in [0.5, 0.6) is 0 Å². The lowest BCUT2D eigenvalue weighted by molar-refractivity contribution is 0.447. The molecule has 0 N–H and O–H groups in total. The average Bonchev–Trinajstić information content (AvgIpc) is 3.29. The zero-order valence-corrected chi connectivity index (χ0v) is 19.2. The number of fused-ring (bicyclic) bond motifs is 2. The van der Waals surface area contributed by atoms with Crippen LogP contribution in [0.3, 0.4) is 0 Å². The van der Waals surface area contributed by atoms with Gasteiger partial charge in [-0.1, -0.05) is 23.2 Å². The van der Waals surface area contributed by atoms with Crippen molar-refractivity contribution >= 4 is 45.1 Å². The van der Waals surface area contributed by atoms with Crippen molar-refractivity contribution in [3.63, 3.8) is 0 Å². The first-order chi connectivity index (χ1) is 16.1. The molecule has 0 atom stereocenters. The fraction of sp³-hybridized carbons (Fsp3) is 0.200. The maximum Gasteiger partial charge on any atom is 0.334 e. The van der Waals surface area contributed by atoms with Crippen LogP contribution < -0.4 is 5.69 Å². The van der Waals surface area contributed by atoms with Crippen molar-refractivity contribution in [1.82, 2.24) is 18.7 Å². The molecule has 2 aromatic carbocycles. The highest BCUT2D eigenvalue weighted by molar-refractivity contribution is 6.31. The largest absolute Gasteiger partial charge is 0.343 e. The Kier molecular flexibility index (Phi) is 5.96. The third kappa shape index (κ3) is 4.05. The molecule has 3 heterocycles. The molecule has 5 rings (SSSR count). The molecule has 0 bridgehead atoms. The van der Waals surface area contributed by atoms with Gasteiger partial charge in [0.1, 0.15) is 0 Å². The summed E-state index contributed by atoms with van der Waals surface area (Å²) in [4.78, 5) is 17.9. The highest BCUT2D eigenvalue weighted by Crippen LogP contribution is 2.26. The number of pyridine rings is 1. The summed E-state index contributed by atoms with van der Waals surface area (Å²) in [7, 11) is 0. The van der Waals surface area contributed by atoms with Crippen LogP contribution in [-0.4, -0.2) is 25.4 Å². The lowest BCUT2D eigenvalue weighted by atomic mass is 10.2. The van der Waals surface area contributed by atoms with Gasteiger partial charge in [0.25, 0.3) is 0 Å². The first-order valence-electron chi connectivity index (χ1n) is 10.7. The van der Waals surface area contributed by atoms with Gasteiger partial charge in [0.05, 0.1) is 36.1 Å². The second-order valence-electron chi connectivity index (χ2n) is 7.93. The number of aromatic nitrogens is 4. The van der Waals surface area contributed by atoms with Gasteiger partial charge in [-0.25, -0.2) is 4.79 Å². The molecule has 0 saturated carbocycles. The Hall–Kier alpha value is -3.09. The summed E-state index contributed by atoms with van der Waals surface area (Å²) in [6, 6.07) is 16.8. The van der Waals surface area contributed by atoms with Crippen LogP contribution in [-0.2, 0) is 13.1 Å². The van der Waals surface area contributed by atoms with Gasteiger partial charge in [-0.2, -0.15) is 0 Å². The van der Waals surface area contributed by atoms with Crippen molar-refractivity contribution in [2.24, 2.45) is 0 Å². The van der Waals surface area contributed by atoms with Crippen molar-refractivity contribution < 1.29 is 4.39 Å². The number of nitrogens with zero attached hydrogens (tertiary/aromatic N) is 4. The van der Waals surface area contributed by atoms with Crippen molar-refractivity contribution in [3.05, 3.63) is 93.2 Å². The van der Waals surface area contributed by atoms with Gasteiger partial charge in [-0.05, 0) is 67.4 Å². The van der Waals surface area contributed by atoms with Gasteiger partial charge in [0.15, 0.2) is 0 Å². The zero-order valence-electron chi connectivity index (χ0n) is 17.7. The van der Waals surface area contributed by atoms with Crippen molar-refractivity contribution in [2.45, 2.75) is 25.9 Å². The normalized spacial score (nSPS) is 11.6. The van der Waals surface area contributed by atoms with Gasteiger partial charge >= 0.3 is 5.69 Å². The molecule has 0 aliphatic rings. The Balaban J connectivity index is 1.66. The molecule has 0 aliphatic heterocycles. The predicted molar refractivity (Wildman–Crippen MR) is 132 cm³/mol. The van der Waals surface area contributed by atoms with E-state index < -0.39 is 0 Å². The second-order valence-corrected chi connectivity index (χ2v) is 8.80. The second kappa shape index (κ2) is 9.04. The van der Waals surface area contributed by atoms with Gasteiger partial charge in [-0.3, -0.25) is 18.5 Å². The van der Waals surface area contributed by atoms with Crippen molar-refractivity contribution in [2.75, 3.05) is 6.67 Å². The minimum Gasteiger partial charge on any atom is -0.343 e. The highest BCUT2D eigenvalue weighted by atomic mass is 35.5. The number of hydrogen-bond acceptors (Lipinski definition) is 2. The highest BCUT2D eigenvalue weighted by Gasteiger charge is 2.17. The number of aryl methyl sites for hydroxylation is 1. The quantitative estimate of drug-likeness (QED) is 0.257. The van der Waals surface area contributed by atoms with Crippen LogP contribution in [0.2, 0.25) is 10.0 Å². The fourth-order valence-electron chi connectivity index (χ4n) is 4.32. The molecular formula is C25H21Cl2FN4O. The summed E-state index contributed by atoms with van der Waals surface area (Å²) in [5.74, 6) is 0. The molecule has 0 spiro atoms. The first kappa shape index (κ1) is 21.7. The average molecular weight is 483 g/mol. The molecule has 0 radical (unpaired) electrons. The summed E-state index contributed by atoms with van der Waals surface area (Å²) in [5, 5.41) is 2.25. The Morgan fingerprint density at radius 3 is 2.42 bits per heavy atom. The van der Waals surface area contributed by atoms with Crippen molar-refractivity contribution in [1.29, 1.82) is 0 Å². The van der Waals surface area contributed by atoms with E-state index in [0.717, 1.165) is 33.3 Å². The lowest BCUT2D eigenvalue weighted by Crippen LogP contribution is -2.24. The first-order valence-corrected chi connectivity index (χ1v) is 11.5. The smallest absolute Gasteiger partial charge is 0.334 e. The Bertz CT molecular complexity index is 1500. The SMILES string of the molecule is O=c1n(Cc2cc3cc(Cl)ccc3n2CCCCF)c2cnccc2n1-c1ccc(Cl)cc1. The van der Waals surface area contributed by atoms with E-state index in [2.05, 4.69) is 9.55 Å². The number of imidazole rings is 1. The molecule has 5 aromatic rings. The number of halogens is 3. The summed E-state index contributed by atoms with van der Waals surface area (Å²) >= 11 is 12.3. The van der Waals surface area contributed by atoms with E-state index in [0.29, 0.717) is 36.0 Å². The number of rotatable bonds is 7. The minimum absolute atomic E-state index is 0.168. The third-order valence-electron chi connectivity index (χ3n) is 5.85. The van der Waals surface area contributed by atoms with Crippen LogP contribution in [0.4, 0.5) is 4.39 Å². The van der Waals surface area contributed by atoms with E-state index in [1.165, 1.54) is 0 Å². The predicted octanol–water partition coefficient (Wildman–Crippen LogP) is 6.25. The lowest BCUT2D eigenvalue weighted by Gasteiger charge is -2.11. The standard InChI is InChI=1S/C25H21Cl2FN4O/c26-18-3-6-20(7-4-18)32-23-9-11-29-15-24(23)31(25(32)33)16-21-14-17-13-19(27)5-8-22(17)30(21)12-2-1-10-28/h3-9,11,13-15H,1-2,10,12,16H2. The fourth-order valence-corrected chi connectivity index (χ4v) is 4.62. The van der Waals surface area contributed by atoms with Crippen LogP contribution in [0, 0.1) is 0 Å². The minimum atomic E-state index is -0.347. The Morgan fingerprint density at radius 2 is 1.64 bits per heavy atom. The molecule has 0 aliphatic carbocycles. The number of unbranched alkanes of at least 4 members (excludes halogenated alkanes) is 1. The summed E-state index contributed by atoms with van der Waals surface area (Å²) < 4.78 is 18.3. The van der Waals surface area contributed by atoms with Gasteiger partial charge in [0, 0.05) is 39.4 Å². The van der Waals surface area contributed by atoms with Crippen LogP contribution in [0.1, 0.15) is 18.5 Å². The molecule has 0 amide bonds. The Morgan fingerprint density at radius 1 is 0.848 bits per heavy atom. The molecule has 33 heavy (non-hydrogen) atoms. The van der Waals surface area contributed by atoms with Crippen LogP contribution in [0.25, 0.3) is 27.6 Å². The summed E-state index contributed by atoms with van der Waals surface area (Å²) in [6.45, 7) is 0.664. The van der Waals surface area contributed by atoms with Crippen molar-refractivity contribution in [3.8, 4) is 5.69 Å². The molecule has 5 nitrogen and oxygen atoms in total. The van der Waals surface area contributed by atoms with Crippen LogP contribution in [0.15, 0.2) is 71.8 Å². The zero-order chi connectivity index (χ0) is 22.9. The maximum atomic E-state index is 13.6. The van der Waals surface area contributed by atoms with E-state index in [-0.39, 0.29) is 12.4 Å². The molecule has 3 aromatic heterocycles. The monoisotopic (exact) mass is 482 g/mol. The molecule has 8 heteroatoms. The molecule has 0 fully saturated rings. The molecule has 168 valence electrons. The summed E-state index contributed by atoms with van der Waals surface area (Å²) in [6.07, 6.45) is 4.58. The van der Waals surface area contributed by atoms with Crippen LogP contribution >= 0.6 is 23.2 Å². The topological polar surface area (TPSA) is 44.8 Å². The van der Waals surface area contributed by atoms with Gasteiger partial charge in [-0.15, -0.1) is 0 Å². The molecular weight excluding hydrogens is 462 g/mol. The summed E-state index contributed by atoms with van der Waals surface area (Å²) in [5.41, 5.74) is 4.03. The molecule has 0 saturated heterocycles. The maximum absolute atomic E-state index is 13.6. The van der Waals surface area contributed by atoms with E-state index in [1.54, 1.807) is 33.7 Å². The van der Waals surface area contributed by atoms with Gasteiger partial charge in [0.2, 0.25) is 0 Å².